The van der Waals surface area contributed by atoms with E-state index in [0.717, 1.165) is 4.47 Å². The van der Waals surface area contributed by atoms with Gasteiger partial charge in [0.15, 0.2) is 0 Å². The highest BCUT2D eigenvalue weighted by Crippen LogP contribution is 2.62. The molecule has 2 aliphatic rings. The highest BCUT2D eigenvalue weighted by Gasteiger charge is 2.51. The summed E-state index contributed by atoms with van der Waals surface area (Å²) in [5.74, 6) is 0. The summed E-state index contributed by atoms with van der Waals surface area (Å²) in [4.78, 5) is 0. The molecule has 0 unspecified atom stereocenters. The maximum absolute atomic E-state index is 3.63. The number of hydrogen-bond acceptors (Lipinski definition) is 0. The predicted molar refractivity (Wildman–Crippen MR) is 161 cm³/mol. The molecule has 6 aromatic rings. The second kappa shape index (κ2) is 8.15. The van der Waals surface area contributed by atoms with Crippen molar-refractivity contribution in [1.82, 2.24) is 0 Å². The Morgan fingerprint density at radius 3 is 1.34 bits per heavy atom. The molecule has 0 heterocycles. The van der Waals surface area contributed by atoms with Gasteiger partial charge in [0, 0.05) is 4.47 Å². The van der Waals surface area contributed by atoms with Crippen molar-refractivity contribution in [2.45, 2.75) is 5.41 Å². The Labute approximate surface area is 231 Å². The summed E-state index contributed by atoms with van der Waals surface area (Å²) in [6, 6.07) is 51.5. The van der Waals surface area contributed by atoms with Gasteiger partial charge in [0.05, 0.1) is 5.41 Å². The normalized spacial score (nSPS) is 13.6. The van der Waals surface area contributed by atoms with E-state index in [4.69, 9.17) is 0 Å². The summed E-state index contributed by atoms with van der Waals surface area (Å²) in [5, 5.41) is 0. The summed E-state index contributed by atoms with van der Waals surface area (Å²) in [6.45, 7) is 0. The van der Waals surface area contributed by atoms with Crippen molar-refractivity contribution in [1.29, 1.82) is 0 Å². The van der Waals surface area contributed by atoms with Gasteiger partial charge in [0.2, 0.25) is 0 Å². The van der Waals surface area contributed by atoms with Crippen molar-refractivity contribution in [3.05, 3.63) is 166 Å². The number of halogens is 1. The lowest BCUT2D eigenvalue weighted by Crippen LogP contribution is -2.25. The van der Waals surface area contributed by atoms with E-state index in [0.29, 0.717) is 0 Å². The molecule has 38 heavy (non-hydrogen) atoms. The number of rotatable bonds is 2. The fourth-order valence-electron chi connectivity index (χ4n) is 6.82. The van der Waals surface area contributed by atoms with Crippen LogP contribution in [0, 0.1) is 0 Å². The Kier molecular flexibility index (Phi) is 4.68. The largest absolute Gasteiger partial charge is 0.0725 e. The van der Waals surface area contributed by atoms with Crippen LogP contribution in [0.5, 0.6) is 0 Å². The van der Waals surface area contributed by atoms with Gasteiger partial charge < -0.3 is 0 Å². The molecule has 0 atom stereocenters. The predicted octanol–water partition coefficient (Wildman–Crippen LogP) is 10.1. The van der Waals surface area contributed by atoms with Gasteiger partial charge in [0.25, 0.3) is 0 Å². The van der Waals surface area contributed by atoms with Gasteiger partial charge >= 0.3 is 0 Å². The van der Waals surface area contributed by atoms with E-state index >= 15 is 0 Å². The zero-order valence-electron chi connectivity index (χ0n) is 20.7. The molecule has 178 valence electrons. The average Bonchev–Trinajstić information content (AvgIpc) is 3.44. The van der Waals surface area contributed by atoms with Crippen LogP contribution in [0.15, 0.2) is 144 Å². The van der Waals surface area contributed by atoms with Crippen LogP contribution in [-0.2, 0) is 5.41 Å². The molecular weight excluding hydrogens is 524 g/mol. The van der Waals surface area contributed by atoms with E-state index in [2.05, 4.69) is 155 Å². The van der Waals surface area contributed by atoms with Crippen molar-refractivity contribution in [2.75, 3.05) is 0 Å². The van der Waals surface area contributed by atoms with Crippen LogP contribution in [0.1, 0.15) is 22.3 Å². The SMILES string of the molecule is Brc1cccc(-c2cccc(-c3ccc4c(c3)C3(c5ccccc5-c5ccccc53)c3ccccc3-4)c2)c1. The van der Waals surface area contributed by atoms with Crippen LogP contribution in [0.4, 0.5) is 0 Å². The third-order valence-electron chi connectivity index (χ3n) is 8.35. The summed E-state index contributed by atoms with van der Waals surface area (Å²) >= 11 is 3.63. The van der Waals surface area contributed by atoms with E-state index in [1.165, 1.54) is 66.8 Å². The molecule has 2 aliphatic carbocycles. The van der Waals surface area contributed by atoms with Crippen molar-refractivity contribution in [2.24, 2.45) is 0 Å². The monoisotopic (exact) mass is 546 g/mol. The van der Waals surface area contributed by atoms with Gasteiger partial charge in [-0.2, -0.15) is 0 Å². The van der Waals surface area contributed by atoms with Crippen LogP contribution in [0.3, 0.4) is 0 Å². The first-order valence-corrected chi connectivity index (χ1v) is 13.8. The van der Waals surface area contributed by atoms with Gasteiger partial charge in [-0.1, -0.05) is 131 Å². The minimum Gasteiger partial charge on any atom is -0.0619 e. The molecule has 0 aromatic heterocycles. The second-order valence-electron chi connectivity index (χ2n) is 10.2. The van der Waals surface area contributed by atoms with E-state index in [9.17, 15) is 0 Å². The van der Waals surface area contributed by atoms with Gasteiger partial charge in [-0.3, -0.25) is 0 Å². The molecule has 1 spiro atoms. The average molecular weight is 547 g/mol. The molecule has 0 nitrogen and oxygen atoms in total. The molecule has 6 aromatic carbocycles. The first kappa shape index (κ1) is 21.8. The summed E-state index contributed by atoms with van der Waals surface area (Å²) in [6.07, 6.45) is 0. The van der Waals surface area contributed by atoms with Crippen molar-refractivity contribution in [3.63, 3.8) is 0 Å². The van der Waals surface area contributed by atoms with Gasteiger partial charge in [-0.25, -0.2) is 0 Å². The first-order valence-electron chi connectivity index (χ1n) is 13.1. The molecule has 1 heteroatoms. The van der Waals surface area contributed by atoms with E-state index in [1.807, 2.05) is 0 Å². The third kappa shape index (κ3) is 2.91. The fraction of sp³-hybridized carbons (Fsp3) is 0.0270. The van der Waals surface area contributed by atoms with Crippen molar-refractivity contribution >= 4 is 15.9 Å². The minimum absolute atomic E-state index is 0.309. The van der Waals surface area contributed by atoms with Crippen molar-refractivity contribution < 1.29 is 0 Å². The maximum Gasteiger partial charge on any atom is 0.0725 e. The zero-order valence-corrected chi connectivity index (χ0v) is 22.2. The Morgan fingerprint density at radius 2 is 0.789 bits per heavy atom. The zero-order chi connectivity index (χ0) is 25.3. The van der Waals surface area contributed by atoms with Crippen LogP contribution in [-0.4, -0.2) is 0 Å². The standard InChI is InChI=1S/C37H23Br/c38-28-12-8-11-26(22-28)24-9-7-10-25(21-24)27-19-20-32-31-15-3-6-18-35(31)37(36(32)23-27)33-16-4-1-13-29(33)30-14-2-5-17-34(30)37/h1-23H. The molecule has 0 saturated heterocycles. The van der Waals surface area contributed by atoms with E-state index < -0.39 is 0 Å². The number of benzene rings is 6. The smallest absolute Gasteiger partial charge is 0.0619 e. The molecule has 0 amide bonds. The van der Waals surface area contributed by atoms with E-state index in [1.54, 1.807) is 0 Å². The molecule has 8 rings (SSSR count). The fourth-order valence-corrected chi connectivity index (χ4v) is 7.22. The van der Waals surface area contributed by atoms with Crippen LogP contribution >= 0.6 is 15.9 Å². The van der Waals surface area contributed by atoms with E-state index in [-0.39, 0.29) is 5.41 Å². The van der Waals surface area contributed by atoms with Crippen LogP contribution in [0.2, 0.25) is 0 Å². The Bertz CT molecular complexity index is 1830. The Morgan fingerprint density at radius 1 is 0.342 bits per heavy atom. The molecular formula is C37H23Br. The number of fused-ring (bicyclic) bond motifs is 10. The second-order valence-corrected chi connectivity index (χ2v) is 11.2. The van der Waals surface area contributed by atoms with Crippen LogP contribution < -0.4 is 0 Å². The molecule has 0 N–H and O–H groups in total. The van der Waals surface area contributed by atoms with Crippen LogP contribution in [0.25, 0.3) is 44.5 Å². The van der Waals surface area contributed by atoms with Crippen molar-refractivity contribution in [3.8, 4) is 44.5 Å². The quantitative estimate of drug-likeness (QED) is 0.202. The van der Waals surface area contributed by atoms with Gasteiger partial charge in [-0.15, -0.1) is 0 Å². The Hall–Kier alpha value is -4.20. The minimum atomic E-state index is -0.309. The molecule has 0 radical (unpaired) electrons. The molecule has 0 bridgehead atoms. The summed E-state index contributed by atoms with van der Waals surface area (Å²) in [5.41, 5.74) is 15.5. The summed E-state index contributed by atoms with van der Waals surface area (Å²) < 4.78 is 1.09. The lowest BCUT2D eigenvalue weighted by atomic mass is 9.70. The maximum atomic E-state index is 3.63. The lowest BCUT2D eigenvalue weighted by Gasteiger charge is -2.30. The molecule has 0 saturated carbocycles. The number of hydrogen-bond donors (Lipinski definition) is 0. The molecule has 0 fully saturated rings. The summed E-state index contributed by atoms with van der Waals surface area (Å²) in [7, 11) is 0. The first-order chi connectivity index (χ1) is 18.7. The lowest BCUT2D eigenvalue weighted by molar-refractivity contribution is 0.794. The Balaban J connectivity index is 1.40. The van der Waals surface area contributed by atoms with Gasteiger partial charge in [-0.05, 0) is 91.0 Å². The highest BCUT2D eigenvalue weighted by atomic mass is 79.9. The highest BCUT2D eigenvalue weighted by molar-refractivity contribution is 9.10. The topological polar surface area (TPSA) is 0 Å². The molecule has 0 aliphatic heterocycles. The third-order valence-corrected chi connectivity index (χ3v) is 8.84. The van der Waals surface area contributed by atoms with Gasteiger partial charge in [0.1, 0.15) is 0 Å².